The second-order valence-electron chi connectivity index (χ2n) is 15.3. The number of unbranched alkanes of at least 4 members (excludes halogenated alkanes) is 3. The number of carbonyl (C=O) groups excluding carboxylic acids is 3. The Morgan fingerprint density at radius 3 is 2.42 bits per heavy atom. The zero-order chi connectivity index (χ0) is 34.4. The molecule has 0 aromatic heterocycles. The average Bonchev–Trinajstić information content (AvgIpc) is 3.74. The van der Waals surface area contributed by atoms with Crippen LogP contribution >= 0.6 is 0 Å². The van der Waals surface area contributed by atoms with Gasteiger partial charge < -0.3 is 4.74 Å². The monoisotopic (exact) mass is 654 g/mol. The van der Waals surface area contributed by atoms with E-state index < -0.39 is 0 Å². The first-order chi connectivity index (χ1) is 23.3. The Bertz CT molecular complexity index is 1310. The topological polar surface area (TPSA) is 60.4 Å². The molecule has 3 saturated carbocycles. The lowest BCUT2D eigenvalue weighted by atomic mass is 9.51. The maximum atomic E-state index is 12.3. The van der Waals surface area contributed by atoms with E-state index in [1.165, 1.54) is 80.9 Å². The number of fused-ring (bicyclic) bond motifs is 5. The minimum absolute atomic E-state index is 0.0273. The van der Waals surface area contributed by atoms with E-state index in [4.69, 9.17) is 4.74 Å². The Morgan fingerprint density at radius 2 is 1.71 bits per heavy atom. The van der Waals surface area contributed by atoms with Crippen LogP contribution < -0.4 is 0 Å². The van der Waals surface area contributed by atoms with Gasteiger partial charge in [-0.25, -0.2) is 0 Å². The van der Waals surface area contributed by atoms with Crippen molar-refractivity contribution < 1.29 is 19.1 Å². The molecular weight excluding hydrogens is 592 g/mol. The normalized spacial score (nSPS) is 29.4. The smallest absolute Gasteiger partial charge is 0.316 e. The molecule has 4 heteroatoms. The van der Waals surface area contributed by atoms with Crippen LogP contribution in [0.3, 0.4) is 0 Å². The Balaban J connectivity index is 0.000000193. The van der Waals surface area contributed by atoms with Gasteiger partial charge in [0.05, 0.1) is 5.92 Å². The van der Waals surface area contributed by atoms with Crippen molar-refractivity contribution in [1.82, 2.24) is 0 Å². The van der Waals surface area contributed by atoms with E-state index in [0.717, 1.165) is 44.4 Å². The number of esters is 1. The quantitative estimate of drug-likeness (QED) is 0.0828. The molecule has 262 valence electrons. The van der Waals surface area contributed by atoms with Gasteiger partial charge in [-0.05, 0) is 119 Å². The molecule has 4 nitrogen and oxygen atoms in total. The van der Waals surface area contributed by atoms with Crippen molar-refractivity contribution in [3.05, 3.63) is 83.5 Å². The number of allylic oxidation sites excluding steroid dienone is 8. The third-order valence-electron chi connectivity index (χ3n) is 12.2. The van der Waals surface area contributed by atoms with E-state index in [0.29, 0.717) is 18.3 Å². The summed E-state index contributed by atoms with van der Waals surface area (Å²) in [6.07, 6.45) is 33.1. The third-order valence-corrected chi connectivity index (χ3v) is 12.2. The van der Waals surface area contributed by atoms with Crippen molar-refractivity contribution in [1.29, 1.82) is 0 Å². The van der Waals surface area contributed by atoms with E-state index >= 15 is 0 Å². The maximum absolute atomic E-state index is 12.3. The number of aryl methyl sites for hydroxylation is 1. The lowest BCUT2D eigenvalue weighted by molar-refractivity contribution is -0.158. The molecule has 5 unspecified atom stereocenters. The first kappa shape index (κ1) is 37.8. The van der Waals surface area contributed by atoms with Gasteiger partial charge >= 0.3 is 12.4 Å². The van der Waals surface area contributed by atoms with E-state index in [9.17, 15) is 14.4 Å². The summed E-state index contributed by atoms with van der Waals surface area (Å²) in [5.74, 6) is 1.58. The van der Waals surface area contributed by atoms with E-state index in [1.54, 1.807) is 0 Å². The van der Waals surface area contributed by atoms with Gasteiger partial charge in [0.15, 0.2) is 5.78 Å². The molecule has 5 atom stereocenters. The average molecular weight is 655 g/mol. The molecule has 3 fully saturated rings. The summed E-state index contributed by atoms with van der Waals surface area (Å²) in [6, 6.07) is 10.8. The van der Waals surface area contributed by atoms with Crippen LogP contribution in [0.2, 0.25) is 0 Å². The highest BCUT2D eigenvalue weighted by Gasteiger charge is 2.57. The molecular formula is C44H62O4. The van der Waals surface area contributed by atoms with Crippen molar-refractivity contribution in [2.75, 3.05) is 0 Å². The van der Waals surface area contributed by atoms with Gasteiger partial charge in [0, 0.05) is 11.8 Å². The van der Waals surface area contributed by atoms with Crippen molar-refractivity contribution >= 4 is 18.2 Å². The maximum Gasteiger partial charge on any atom is 0.316 e. The van der Waals surface area contributed by atoms with E-state index in [1.807, 2.05) is 6.08 Å². The van der Waals surface area contributed by atoms with Crippen LogP contribution in [0.15, 0.2) is 77.9 Å². The highest BCUT2D eigenvalue weighted by molar-refractivity contribution is 5.92. The molecule has 0 spiro atoms. The van der Waals surface area contributed by atoms with Crippen LogP contribution in [-0.4, -0.2) is 18.2 Å². The Labute approximate surface area is 291 Å². The molecule has 6 rings (SSSR count). The first-order valence-electron chi connectivity index (χ1n) is 19.2. The number of ketones is 1. The highest BCUT2D eigenvalue weighted by Crippen LogP contribution is 2.64. The Morgan fingerprint density at radius 1 is 0.958 bits per heavy atom. The molecule has 1 aromatic rings. The van der Waals surface area contributed by atoms with Crippen molar-refractivity contribution in [2.24, 2.45) is 34.5 Å². The number of ether oxygens (including phenoxy) is 1. The molecule has 48 heavy (non-hydrogen) atoms. The Hall–Kier alpha value is -3.01. The minimum Gasteiger partial charge on any atom is -0.395 e. The van der Waals surface area contributed by atoms with E-state index in [2.05, 4.69) is 88.4 Å². The van der Waals surface area contributed by atoms with Crippen LogP contribution in [0.5, 0.6) is 0 Å². The fraction of sp³-hybridized carbons (Fsp3) is 0.614. The van der Waals surface area contributed by atoms with Gasteiger partial charge in [-0.3, -0.25) is 14.4 Å². The molecule has 0 amide bonds. The van der Waals surface area contributed by atoms with Crippen LogP contribution in [0.25, 0.3) is 0 Å². The first-order valence-corrected chi connectivity index (χ1v) is 19.2. The summed E-state index contributed by atoms with van der Waals surface area (Å²) in [5.41, 5.74) is 4.20. The molecule has 5 aliphatic carbocycles. The number of carbonyl (C=O) groups is 3. The van der Waals surface area contributed by atoms with Gasteiger partial charge in [0.25, 0.3) is 0 Å². The third kappa shape index (κ3) is 9.57. The molecule has 0 heterocycles. The molecule has 0 saturated heterocycles. The highest BCUT2D eigenvalue weighted by atomic mass is 16.6. The Kier molecular flexibility index (Phi) is 14.7. The summed E-state index contributed by atoms with van der Waals surface area (Å²) in [4.78, 5) is 34.7. The molecule has 0 radical (unpaired) electrons. The van der Waals surface area contributed by atoms with Crippen molar-refractivity contribution in [3.63, 3.8) is 0 Å². The fourth-order valence-corrected chi connectivity index (χ4v) is 9.37. The van der Waals surface area contributed by atoms with Gasteiger partial charge in [0.2, 0.25) is 0 Å². The number of rotatable bonds is 10. The predicted molar refractivity (Wildman–Crippen MR) is 197 cm³/mol. The number of benzene rings is 1. The number of hydrogen-bond acceptors (Lipinski definition) is 4. The lowest BCUT2D eigenvalue weighted by Crippen LogP contribution is -2.45. The van der Waals surface area contributed by atoms with Gasteiger partial charge in [0.1, 0.15) is 0 Å². The SMILES string of the molecule is C(=C\C1CCCC1)/CCCc1ccccc1.C/C=C\CCCC.CC12CCC(=O)C=C1CCC1C2=CCC2(C)C(C(=O)OC=O)CCC12. The van der Waals surface area contributed by atoms with Crippen LogP contribution in [-0.2, 0) is 25.5 Å². The molecule has 0 aliphatic heterocycles. The molecule has 5 aliphatic rings. The summed E-state index contributed by atoms with van der Waals surface area (Å²) >= 11 is 0. The summed E-state index contributed by atoms with van der Waals surface area (Å²) in [6.45, 7) is 9.05. The molecule has 1 aromatic carbocycles. The predicted octanol–water partition coefficient (Wildman–Crippen LogP) is 11.3. The summed E-state index contributed by atoms with van der Waals surface area (Å²) in [7, 11) is 0. The second kappa shape index (κ2) is 18.7. The van der Waals surface area contributed by atoms with Gasteiger partial charge in [-0.1, -0.05) is 118 Å². The standard InChI is InChI=1S/C21H26O4.C16H22.C7H14/c1-20-9-7-14(23)11-13(20)3-4-15-16-5-6-18(19(24)25-12-22)21(16,2)10-8-17(15)20;1-3-9-15(10-4-1)11-5-2-6-12-16-13-7-8-14-16;1-3-5-7-6-4-2/h8,11-12,15-16,18H,3-7,9-10H2,1-2H3;1,3-4,6,9-10,12,16H,2,5,7-8,11,13-14H2;3,5H,4,6-7H2,1-2H3/b;12-6+;5-3-. The van der Waals surface area contributed by atoms with Crippen molar-refractivity contribution in [2.45, 2.75) is 137 Å². The lowest BCUT2D eigenvalue weighted by Gasteiger charge is -2.53. The van der Waals surface area contributed by atoms with Gasteiger partial charge in [-0.2, -0.15) is 0 Å². The largest absolute Gasteiger partial charge is 0.395 e. The molecule has 0 bridgehead atoms. The summed E-state index contributed by atoms with van der Waals surface area (Å²) < 4.78 is 4.71. The minimum atomic E-state index is -0.359. The zero-order valence-corrected chi connectivity index (χ0v) is 30.4. The molecule has 0 N–H and O–H groups in total. The zero-order valence-electron chi connectivity index (χ0n) is 30.4. The summed E-state index contributed by atoms with van der Waals surface area (Å²) in [5, 5.41) is 0. The van der Waals surface area contributed by atoms with Crippen LogP contribution in [0, 0.1) is 34.5 Å². The fourth-order valence-electron chi connectivity index (χ4n) is 9.37. The number of hydrogen-bond donors (Lipinski definition) is 0. The van der Waals surface area contributed by atoms with Crippen LogP contribution in [0.4, 0.5) is 0 Å². The second-order valence-corrected chi connectivity index (χ2v) is 15.3. The van der Waals surface area contributed by atoms with Crippen LogP contribution in [0.1, 0.15) is 136 Å². The van der Waals surface area contributed by atoms with E-state index in [-0.39, 0.29) is 35.0 Å². The van der Waals surface area contributed by atoms with Gasteiger partial charge in [-0.15, -0.1) is 0 Å². The van der Waals surface area contributed by atoms with Crippen molar-refractivity contribution in [3.8, 4) is 0 Å².